The third kappa shape index (κ3) is 3.64. The van der Waals surface area contributed by atoms with E-state index < -0.39 is 6.04 Å². The average Bonchev–Trinajstić information content (AvgIpc) is 2.92. The van der Waals surface area contributed by atoms with Crippen LogP contribution in [-0.4, -0.2) is 41.2 Å². The minimum atomic E-state index is -0.581. The van der Waals surface area contributed by atoms with E-state index in [9.17, 15) is 14.4 Å². The first-order valence-corrected chi connectivity index (χ1v) is 9.10. The molecule has 0 aliphatic carbocycles. The summed E-state index contributed by atoms with van der Waals surface area (Å²) >= 11 is 0. The van der Waals surface area contributed by atoms with Crippen molar-refractivity contribution in [2.75, 3.05) is 6.54 Å². The highest BCUT2D eigenvalue weighted by Gasteiger charge is 2.39. The summed E-state index contributed by atoms with van der Waals surface area (Å²) in [4.78, 5) is 37.8. The van der Waals surface area contributed by atoms with E-state index in [1.165, 1.54) is 0 Å². The molecule has 0 bridgehead atoms. The topological polar surface area (TPSA) is 105 Å². The number of imide groups is 1. The Labute approximate surface area is 153 Å². The smallest absolute Gasteiger partial charge is 0.255 e. The average molecular weight is 358 g/mol. The van der Waals surface area contributed by atoms with Crippen molar-refractivity contribution in [2.45, 2.75) is 51.9 Å². The maximum atomic E-state index is 12.8. The first-order chi connectivity index (χ1) is 12.4. The van der Waals surface area contributed by atoms with Crippen molar-refractivity contribution in [3.05, 3.63) is 34.9 Å². The van der Waals surface area contributed by atoms with E-state index in [1.54, 1.807) is 11.0 Å². The Balaban J connectivity index is 1.71. The lowest BCUT2D eigenvalue weighted by molar-refractivity contribution is -0.136. The van der Waals surface area contributed by atoms with Crippen molar-refractivity contribution in [1.82, 2.24) is 15.5 Å². The van der Waals surface area contributed by atoms with Gasteiger partial charge in [0.05, 0.1) is 0 Å². The van der Waals surface area contributed by atoms with Gasteiger partial charge in [0.2, 0.25) is 11.8 Å². The Kier molecular flexibility index (Phi) is 5.38. The number of rotatable bonds is 6. The van der Waals surface area contributed by atoms with E-state index in [2.05, 4.69) is 24.5 Å². The quantitative estimate of drug-likeness (QED) is 0.643. The highest BCUT2D eigenvalue weighted by Crippen LogP contribution is 2.29. The molecule has 1 aromatic rings. The van der Waals surface area contributed by atoms with Crippen molar-refractivity contribution in [2.24, 2.45) is 11.7 Å². The van der Waals surface area contributed by atoms with Gasteiger partial charge < -0.3 is 16.0 Å². The van der Waals surface area contributed by atoms with Gasteiger partial charge in [0.25, 0.3) is 5.91 Å². The van der Waals surface area contributed by atoms with Crippen LogP contribution in [0.3, 0.4) is 0 Å². The molecule has 0 radical (unpaired) electrons. The molecule has 26 heavy (non-hydrogen) atoms. The van der Waals surface area contributed by atoms with Gasteiger partial charge >= 0.3 is 0 Å². The summed E-state index contributed by atoms with van der Waals surface area (Å²) in [5, 5.41) is 5.69. The molecule has 1 fully saturated rings. The Morgan fingerprint density at radius 3 is 2.77 bits per heavy atom. The lowest BCUT2D eigenvalue weighted by Gasteiger charge is -2.29. The summed E-state index contributed by atoms with van der Waals surface area (Å²) in [6.07, 6.45) is 0.638. The summed E-state index contributed by atoms with van der Waals surface area (Å²) < 4.78 is 0. The predicted molar refractivity (Wildman–Crippen MR) is 97.0 cm³/mol. The standard InChI is InChI=1S/C19H26N4O3/c1-11(2)15(20)9-21-8-12-4-3-5-13-14(12)10-23(19(13)26)16-6-7-17(24)22-18(16)25/h3-5,11,15-16,21H,6-10,20H2,1-2H3,(H,22,24,25)/t15-,16?/m0/s1. The van der Waals surface area contributed by atoms with Crippen molar-refractivity contribution in [3.8, 4) is 0 Å². The Hall–Kier alpha value is -2.25. The molecule has 140 valence electrons. The van der Waals surface area contributed by atoms with Crippen LogP contribution in [0.1, 0.15) is 48.2 Å². The van der Waals surface area contributed by atoms with Gasteiger partial charge in [0.1, 0.15) is 6.04 Å². The molecule has 0 saturated carbocycles. The highest BCUT2D eigenvalue weighted by molar-refractivity contribution is 6.05. The van der Waals surface area contributed by atoms with Gasteiger partial charge in [-0.25, -0.2) is 0 Å². The second-order valence-corrected chi connectivity index (χ2v) is 7.38. The number of carbonyl (C=O) groups excluding carboxylic acids is 3. The molecule has 7 heteroatoms. The molecular weight excluding hydrogens is 332 g/mol. The number of nitrogens with one attached hydrogen (secondary N) is 2. The molecule has 1 unspecified atom stereocenters. The highest BCUT2D eigenvalue weighted by atomic mass is 16.2. The summed E-state index contributed by atoms with van der Waals surface area (Å²) in [5.41, 5.74) is 8.70. The fourth-order valence-electron chi connectivity index (χ4n) is 3.42. The molecule has 2 atom stereocenters. The maximum Gasteiger partial charge on any atom is 0.255 e. The zero-order chi connectivity index (χ0) is 18.8. The molecule has 3 rings (SSSR count). The van der Waals surface area contributed by atoms with Gasteiger partial charge in [-0.05, 0) is 29.5 Å². The normalized spacial score (nSPS) is 21.2. The number of carbonyl (C=O) groups is 3. The summed E-state index contributed by atoms with van der Waals surface area (Å²) in [7, 11) is 0. The molecule has 7 nitrogen and oxygen atoms in total. The molecule has 0 aromatic heterocycles. The van der Waals surface area contributed by atoms with Gasteiger partial charge in [-0.15, -0.1) is 0 Å². The largest absolute Gasteiger partial charge is 0.326 e. The van der Waals surface area contributed by atoms with Gasteiger partial charge in [-0.1, -0.05) is 26.0 Å². The Morgan fingerprint density at radius 1 is 1.31 bits per heavy atom. The van der Waals surface area contributed by atoms with E-state index in [-0.39, 0.29) is 30.2 Å². The van der Waals surface area contributed by atoms with Crippen LogP contribution < -0.4 is 16.4 Å². The van der Waals surface area contributed by atoms with Crippen molar-refractivity contribution in [3.63, 3.8) is 0 Å². The predicted octanol–water partition coefficient (Wildman–Crippen LogP) is 0.521. The lowest BCUT2D eigenvalue weighted by Crippen LogP contribution is -2.52. The van der Waals surface area contributed by atoms with Crippen LogP contribution >= 0.6 is 0 Å². The number of piperidine rings is 1. The first-order valence-electron chi connectivity index (χ1n) is 9.10. The van der Waals surface area contributed by atoms with Crippen molar-refractivity contribution < 1.29 is 14.4 Å². The van der Waals surface area contributed by atoms with Crippen LogP contribution in [0.4, 0.5) is 0 Å². The minimum Gasteiger partial charge on any atom is -0.326 e. The first kappa shape index (κ1) is 18.5. The number of fused-ring (bicyclic) bond motifs is 1. The van der Waals surface area contributed by atoms with Crippen LogP contribution in [0, 0.1) is 5.92 Å². The molecule has 2 aliphatic rings. The van der Waals surface area contributed by atoms with E-state index in [0.29, 0.717) is 37.5 Å². The number of hydrogen-bond donors (Lipinski definition) is 3. The van der Waals surface area contributed by atoms with Crippen LogP contribution in [0.25, 0.3) is 0 Å². The van der Waals surface area contributed by atoms with Crippen molar-refractivity contribution >= 4 is 17.7 Å². The minimum absolute atomic E-state index is 0.0772. The molecule has 1 aromatic carbocycles. The maximum absolute atomic E-state index is 12.8. The third-order valence-corrected chi connectivity index (χ3v) is 5.23. The van der Waals surface area contributed by atoms with Crippen molar-refractivity contribution in [1.29, 1.82) is 0 Å². The number of benzene rings is 1. The van der Waals surface area contributed by atoms with E-state index in [0.717, 1.165) is 11.1 Å². The zero-order valence-electron chi connectivity index (χ0n) is 15.2. The summed E-state index contributed by atoms with van der Waals surface area (Å²) in [6.45, 7) is 5.90. The number of nitrogens with zero attached hydrogens (tertiary/aromatic N) is 1. The van der Waals surface area contributed by atoms with Gasteiger partial charge in [-0.3, -0.25) is 19.7 Å². The third-order valence-electron chi connectivity index (χ3n) is 5.23. The zero-order valence-corrected chi connectivity index (χ0v) is 15.2. The lowest BCUT2D eigenvalue weighted by atomic mass is 10.0. The van der Waals surface area contributed by atoms with E-state index in [4.69, 9.17) is 5.73 Å². The van der Waals surface area contributed by atoms with Crippen LogP contribution in [-0.2, 0) is 22.7 Å². The van der Waals surface area contributed by atoms with E-state index >= 15 is 0 Å². The molecule has 3 amide bonds. The molecule has 2 aliphatic heterocycles. The summed E-state index contributed by atoms with van der Waals surface area (Å²) in [5.74, 6) is -0.407. The van der Waals surface area contributed by atoms with Gasteiger partial charge in [-0.2, -0.15) is 0 Å². The van der Waals surface area contributed by atoms with Crippen LogP contribution in [0.15, 0.2) is 18.2 Å². The summed E-state index contributed by atoms with van der Waals surface area (Å²) in [6, 6.07) is 5.15. The fraction of sp³-hybridized carbons (Fsp3) is 0.526. The van der Waals surface area contributed by atoms with Gasteiger partial charge in [0, 0.05) is 37.7 Å². The number of amides is 3. The Bertz CT molecular complexity index is 731. The number of hydrogen-bond acceptors (Lipinski definition) is 5. The van der Waals surface area contributed by atoms with Crippen LogP contribution in [0.2, 0.25) is 0 Å². The molecular formula is C19H26N4O3. The SMILES string of the molecule is CC(C)[C@@H](N)CNCc1cccc2c1CN(C1CCC(=O)NC1=O)C2=O. The van der Waals surface area contributed by atoms with Gasteiger partial charge in [0.15, 0.2) is 0 Å². The molecule has 4 N–H and O–H groups in total. The second-order valence-electron chi connectivity index (χ2n) is 7.38. The fourth-order valence-corrected chi connectivity index (χ4v) is 3.42. The second kappa shape index (κ2) is 7.55. The molecule has 0 spiro atoms. The molecule has 2 heterocycles. The number of nitrogens with two attached hydrogens (primary N) is 1. The Morgan fingerprint density at radius 2 is 2.08 bits per heavy atom. The molecule has 1 saturated heterocycles. The van der Waals surface area contributed by atoms with Crippen LogP contribution in [0.5, 0.6) is 0 Å². The monoisotopic (exact) mass is 358 g/mol. The van der Waals surface area contributed by atoms with E-state index in [1.807, 2.05) is 12.1 Å².